The van der Waals surface area contributed by atoms with E-state index >= 15 is 0 Å². The van der Waals surface area contributed by atoms with Crippen LogP contribution in [0.2, 0.25) is 0 Å². The highest BCUT2D eigenvalue weighted by Gasteiger charge is 2.07. The third-order valence-corrected chi connectivity index (χ3v) is 3.32. The topological polar surface area (TPSA) is 80.0 Å². The first-order valence-corrected chi connectivity index (χ1v) is 6.03. The molecule has 0 aliphatic heterocycles. The van der Waals surface area contributed by atoms with Gasteiger partial charge in [-0.15, -0.1) is 11.3 Å². The molecule has 0 saturated heterocycles. The van der Waals surface area contributed by atoms with Crippen molar-refractivity contribution in [3.8, 4) is 0 Å². The van der Waals surface area contributed by atoms with Gasteiger partial charge in [-0.25, -0.2) is 4.98 Å². The fourth-order valence-corrected chi connectivity index (χ4v) is 2.38. The maximum absolute atomic E-state index is 11.1. The van der Waals surface area contributed by atoms with Gasteiger partial charge in [-0.1, -0.05) is 0 Å². The van der Waals surface area contributed by atoms with Gasteiger partial charge in [0.25, 0.3) is 0 Å². The fraction of sp³-hybridized carbons (Fsp3) is 0.273. The summed E-state index contributed by atoms with van der Waals surface area (Å²) in [5.41, 5.74) is 8.18. The first kappa shape index (κ1) is 11.7. The van der Waals surface area contributed by atoms with Crippen LogP contribution < -0.4 is 16.4 Å². The number of thiazole rings is 1. The molecule has 1 heterocycles. The summed E-state index contributed by atoms with van der Waals surface area (Å²) in [4.78, 5) is 15.5. The first-order valence-electron chi connectivity index (χ1n) is 5.21. The van der Waals surface area contributed by atoms with Crippen molar-refractivity contribution < 1.29 is 4.79 Å². The number of anilines is 2. The van der Waals surface area contributed by atoms with E-state index in [1.807, 2.05) is 19.1 Å². The van der Waals surface area contributed by atoms with Crippen molar-refractivity contribution >= 4 is 38.8 Å². The molecule has 17 heavy (non-hydrogen) atoms. The number of likely N-dealkylation sites (N-methyl/N-ethyl adjacent to an activating group) is 1. The smallest absolute Gasteiger partial charge is 0.239 e. The molecule has 4 N–H and O–H groups in total. The van der Waals surface area contributed by atoms with E-state index in [1.165, 1.54) is 0 Å². The van der Waals surface area contributed by atoms with Crippen LogP contribution in [0.15, 0.2) is 12.1 Å². The Bertz CT molecular complexity index is 564. The number of aromatic nitrogens is 1. The van der Waals surface area contributed by atoms with E-state index in [-0.39, 0.29) is 12.5 Å². The number of aryl methyl sites for hydroxylation is 1. The number of carbonyl (C=O) groups excluding carboxylic acids is 1. The molecule has 6 heteroatoms. The second-order valence-corrected chi connectivity index (χ2v) is 4.90. The molecule has 0 fully saturated rings. The number of hydrogen-bond donors (Lipinski definition) is 3. The lowest BCUT2D eigenvalue weighted by molar-refractivity contribution is -0.118. The van der Waals surface area contributed by atoms with E-state index in [2.05, 4.69) is 15.6 Å². The van der Waals surface area contributed by atoms with Gasteiger partial charge in [-0.3, -0.25) is 4.79 Å². The summed E-state index contributed by atoms with van der Waals surface area (Å²) in [6.07, 6.45) is 0. The number of benzene rings is 1. The molecule has 1 amide bonds. The lowest BCUT2D eigenvalue weighted by Crippen LogP contribution is -2.26. The minimum atomic E-state index is -0.0843. The van der Waals surface area contributed by atoms with Crippen LogP contribution in [0.25, 0.3) is 10.2 Å². The van der Waals surface area contributed by atoms with Crippen molar-refractivity contribution in [2.45, 2.75) is 6.92 Å². The number of carbonyl (C=O) groups is 1. The molecule has 1 aromatic heterocycles. The third kappa shape index (κ3) is 2.47. The van der Waals surface area contributed by atoms with Gasteiger partial charge in [0.05, 0.1) is 33.1 Å². The summed E-state index contributed by atoms with van der Waals surface area (Å²) in [5, 5.41) is 6.54. The van der Waals surface area contributed by atoms with Crippen LogP contribution in [-0.4, -0.2) is 24.5 Å². The normalized spacial score (nSPS) is 10.5. The predicted molar refractivity (Wildman–Crippen MR) is 71.3 cm³/mol. The molecule has 0 atom stereocenters. The molecule has 0 saturated carbocycles. The molecule has 90 valence electrons. The Morgan fingerprint density at radius 2 is 2.29 bits per heavy atom. The van der Waals surface area contributed by atoms with Crippen molar-refractivity contribution in [2.75, 3.05) is 24.6 Å². The van der Waals surface area contributed by atoms with Gasteiger partial charge in [0.2, 0.25) is 5.91 Å². The van der Waals surface area contributed by atoms with E-state index < -0.39 is 0 Å². The Balaban J connectivity index is 2.27. The van der Waals surface area contributed by atoms with E-state index in [0.29, 0.717) is 5.69 Å². The first-order chi connectivity index (χ1) is 8.10. The van der Waals surface area contributed by atoms with Crippen molar-refractivity contribution in [3.05, 3.63) is 17.1 Å². The number of nitrogens with two attached hydrogens (primary N) is 1. The number of rotatable bonds is 3. The minimum absolute atomic E-state index is 0.0843. The summed E-state index contributed by atoms with van der Waals surface area (Å²) < 4.78 is 1.06. The molecule has 0 unspecified atom stereocenters. The van der Waals surface area contributed by atoms with Crippen LogP contribution in [0.3, 0.4) is 0 Å². The SMILES string of the molecule is CNC(=O)CNc1cc2nc(C)sc2cc1N. The van der Waals surface area contributed by atoms with Crippen LogP contribution in [0, 0.1) is 6.92 Å². The minimum Gasteiger partial charge on any atom is -0.397 e. The number of hydrogen-bond acceptors (Lipinski definition) is 5. The molecule has 2 rings (SSSR count). The second kappa shape index (κ2) is 4.58. The molecule has 0 aliphatic carbocycles. The highest BCUT2D eigenvalue weighted by molar-refractivity contribution is 7.18. The number of amides is 1. The molecule has 2 aromatic rings. The van der Waals surface area contributed by atoms with E-state index in [4.69, 9.17) is 5.73 Å². The lowest BCUT2D eigenvalue weighted by atomic mass is 10.2. The van der Waals surface area contributed by atoms with Crippen LogP contribution in [-0.2, 0) is 4.79 Å². The average Bonchev–Trinajstić information content (AvgIpc) is 2.64. The van der Waals surface area contributed by atoms with E-state index in [9.17, 15) is 4.79 Å². The molecule has 0 radical (unpaired) electrons. The summed E-state index contributed by atoms with van der Waals surface area (Å²) in [6.45, 7) is 2.16. The highest BCUT2D eigenvalue weighted by Crippen LogP contribution is 2.29. The zero-order valence-corrected chi connectivity index (χ0v) is 10.5. The predicted octanol–water partition coefficient (Wildman–Crippen LogP) is 1.34. The standard InChI is InChI=1S/C11H14N4OS/c1-6-15-9-4-8(14-5-11(16)13-2)7(12)3-10(9)17-6/h3-4,14H,5,12H2,1-2H3,(H,13,16). The Labute approximate surface area is 103 Å². The average molecular weight is 250 g/mol. The summed E-state index contributed by atoms with van der Waals surface area (Å²) in [5.74, 6) is -0.0843. The van der Waals surface area contributed by atoms with Crippen LogP contribution in [0.5, 0.6) is 0 Å². The summed E-state index contributed by atoms with van der Waals surface area (Å²) in [6, 6.07) is 3.75. The monoisotopic (exact) mass is 250 g/mol. The largest absolute Gasteiger partial charge is 0.397 e. The van der Waals surface area contributed by atoms with Gasteiger partial charge in [0.15, 0.2) is 0 Å². The fourth-order valence-electron chi connectivity index (χ4n) is 1.52. The number of nitrogens with one attached hydrogen (secondary N) is 2. The maximum Gasteiger partial charge on any atom is 0.239 e. The zero-order chi connectivity index (χ0) is 12.4. The zero-order valence-electron chi connectivity index (χ0n) is 9.70. The summed E-state index contributed by atoms with van der Waals surface area (Å²) >= 11 is 1.61. The van der Waals surface area contributed by atoms with Gasteiger partial charge >= 0.3 is 0 Å². The Kier molecular flexibility index (Phi) is 3.14. The van der Waals surface area contributed by atoms with E-state index in [1.54, 1.807) is 18.4 Å². The molecule has 5 nitrogen and oxygen atoms in total. The lowest BCUT2D eigenvalue weighted by Gasteiger charge is -2.08. The molecule has 0 spiro atoms. The Morgan fingerprint density at radius 1 is 1.53 bits per heavy atom. The third-order valence-electron chi connectivity index (χ3n) is 2.38. The molecule has 0 aliphatic rings. The number of nitrogen functional groups attached to an aromatic ring is 1. The molecular formula is C11H14N4OS. The molecular weight excluding hydrogens is 236 g/mol. The highest BCUT2D eigenvalue weighted by atomic mass is 32.1. The Morgan fingerprint density at radius 3 is 3.00 bits per heavy atom. The van der Waals surface area contributed by atoms with Crippen molar-refractivity contribution in [3.63, 3.8) is 0 Å². The number of fused-ring (bicyclic) bond motifs is 1. The van der Waals surface area contributed by atoms with Gasteiger partial charge in [-0.05, 0) is 19.1 Å². The van der Waals surface area contributed by atoms with E-state index in [0.717, 1.165) is 20.9 Å². The summed E-state index contributed by atoms with van der Waals surface area (Å²) in [7, 11) is 1.60. The van der Waals surface area contributed by atoms with Gasteiger partial charge in [-0.2, -0.15) is 0 Å². The van der Waals surface area contributed by atoms with Gasteiger partial charge in [0.1, 0.15) is 0 Å². The van der Waals surface area contributed by atoms with Gasteiger partial charge < -0.3 is 16.4 Å². The molecule has 0 bridgehead atoms. The second-order valence-electron chi connectivity index (χ2n) is 3.67. The van der Waals surface area contributed by atoms with Crippen molar-refractivity contribution in [1.29, 1.82) is 0 Å². The molecule has 1 aromatic carbocycles. The van der Waals surface area contributed by atoms with Gasteiger partial charge in [0, 0.05) is 7.05 Å². The van der Waals surface area contributed by atoms with Crippen molar-refractivity contribution in [2.24, 2.45) is 0 Å². The van der Waals surface area contributed by atoms with Crippen molar-refractivity contribution in [1.82, 2.24) is 10.3 Å². The van der Waals surface area contributed by atoms with Crippen LogP contribution in [0.4, 0.5) is 11.4 Å². The van der Waals surface area contributed by atoms with Crippen LogP contribution in [0.1, 0.15) is 5.01 Å². The quantitative estimate of drug-likeness (QED) is 0.718. The van der Waals surface area contributed by atoms with Crippen LogP contribution >= 0.6 is 11.3 Å². The number of nitrogens with zero attached hydrogens (tertiary/aromatic N) is 1. The maximum atomic E-state index is 11.1. The Hall–Kier alpha value is -1.82.